The summed E-state index contributed by atoms with van der Waals surface area (Å²) < 4.78 is 2.25. The number of imidazole rings is 1. The van der Waals surface area contributed by atoms with Crippen molar-refractivity contribution in [2.75, 3.05) is 6.54 Å². The van der Waals surface area contributed by atoms with Crippen LogP contribution in [0.25, 0.3) is 0 Å². The third kappa shape index (κ3) is 1.46. The third-order valence-corrected chi connectivity index (χ3v) is 3.34. The van der Waals surface area contributed by atoms with Gasteiger partial charge in [0, 0.05) is 24.4 Å². The standard InChI is InChI=1S/C11H19N3/c1-11(2,7-12)14-8-13-6-10(14)9-4-3-5-9/h6,8-9H,3-5,7,12H2,1-2H3. The van der Waals surface area contributed by atoms with E-state index >= 15 is 0 Å². The van der Waals surface area contributed by atoms with Crippen LogP contribution in [0.3, 0.4) is 0 Å². The first kappa shape index (κ1) is 9.71. The normalized spacial score (nSPS) is 18.2. The van der Waals surface area contributed by atoms with Gasteiger partial charge >= 0.3 is 0 Å². The van der Waals surface area contributed by atoms with Gasteiger partial charge < -0.3 is 10.3 Å². The van der Waals surface area contributed by atoms with Gasteiger partial charge in [-0.1, -0.05) is 6.42 Å². The highest BCUT2D eigenvalue weighted by molar-refractivity contribution is 5.12. The zero-order valence-corrected chi connectivity index (χ0v) is 9.03. The molecule has 1 heterocycles. The lowest BCUT2D eigenvalue weighted by molar-refractivity contribution is 0.320. The summed E-state index contributed by atoms with van der Waals surface area (Å²) in [7, 11) is 0. The quantitative estimate of drug-likeness (QED) is 0.796. The van der Waals surface area contributed by atoms with E-state index in [-0.39, 0.29) is 5.54 Å². The molecular weight excluding hydrogens is 174 g/mol. The minimum absolute atomic E-state index is 0.00141. The van der Waals surface area contributed by atoms with E-state index in [0.29, 0.717) is 6.54 Å². The van der Waals surface area contributed by atoms with Gasteiger partial charge in [-0.3, -0.25) is 0 Å². The Balaban J connectivity index is 2.28. The van der Waals surface area contributed by atoms with Crippen molar-refractivity contribution >= 4 is 0 Å². The summed E-state index contributed by atoms with van der Waals surface area (Å²) in [5.74, 6) is 0.725. The predicted octanol–water partition coefficient (Wildman–Crippen LogP) is 1.84. The summed E-state index contributed by atoms with van der Waals surface area (Å²) in [5.41, 5.74) is 7.15. The van der Waals surface area contributed by atoms with Gasteiger partial charge in [-0.15, -0.1) is 0 Å². The second-order valence-corrected chi connectivity index (χ2v) is 4.83. The molecule has 1 aromatic heterocycles. The molecule has 1 aliphatic carbocycles. The molecule has 2 N–H and O–H groups in total. The third-order valence-electron chi connectivity index (χ3n) is 3.34. The molecule has 0 unspecified atom stereocenters. The lowest BCUT2D eigenvalue weighted by atomic mass is 9.82. The van der Waals surface area contributed by atoms with Crippen LogP contribution in [0, 0.1) is 0 Å². The maximum absolute atomic E-state index is 5.78. The minimum atomic E-state index is 0.00141. The summed E-state index contributed by atoms with van der Waals surface area (Å²) in [6, 6.07) is 0. The Morgan fingerprint density at radius 3 is 2.79 bits per heavy atom. The molecule has 14 heavy (non-hydrogen) atoms. The average molecular weight is 193 g/mol. The SMILES string of the molecule is CC(C)(CN)n1cncc1C1CCC1. The molecule has 1 aromatic rings. The topological polar surface area (TPSA) is 43.8 Å². The molecule has 0 saturated heterocycles. The van der Waals surface area contributed by atoms with Gasteiger partial charge in [-0.25, -0.2) is 4.98 Å². The molecule has 0 atom stereocenters. The zero-order valence-electron chi connectivity index (χ0n) is 9.03. The van der Waals surface area contributed by atoms with Crippen LogP contribution < -0.4 is 5.73 Å². The molecule has 0 bridgehead atoms. The summed E-state index contributed by atoms with van der Waals surface area (Å²) in [5, 5.41) is 0. The van der Waals surface area contributed by atoms with Crippen LogP contribution in [0.15, 0.2) is 12.5 Å². The van der Waals surface area contributed by atoms with Crippen LogP contribution in [0.5, 0.6) is 0 Å². The second-order valence-electron chi connectivity index (χ2n) is 4.83. The molecule has 1 aliphatic rings. The molecule has 1 saturated carbocycles. The van der Waals surface area contributed by atoms with Crippen molar-refractivity contribution in [3.63, 3.8) is 0 Å². The van der Waals surface area contributed by atoms with Crippen LogP contribution in [0.1, 0.15) is 44.7 Å². The summed E-state index contributed by atoms with van der Waals surface area (Å²) in [4.78, 5) is 4.25. The van der Waals surface area contributed by atoms with Crippen molar-refractivity contribution in [1.29, 1.82) is 0 Å². The largest absolute Gasteiger partial charge is 0.328 e. The van der Waals surface area contributed by atoms with Crippen LogP contribution in [0.4, 0.5) is 0 Å². The molecule has 0 aromatic carbocycles. The molecule has 2 rings (SSSR count). The van der Waals surface area contributed by atoms with Crippen LogP contribution in [0.2, 0.25) is 0 Å². The number of aromatic nitrogens is 2. The van der Waals surface area contributed by atoms with Crippen LogP contribution in [-0.2, 0) is 5.54 Å². The fourth-order valence-corrected chi connectivity index (χ4v) is 1.92. The maximum atomic E-state index is 5.78. The van der Waals surface area contributed by atoms with Crippen molar-refractivity contribution in [3.05, 3.63) is 18.2 Å². The van der Waals surface area contributed by atoms with E-state index in [1.807, 2.05) is 12.5 Å². The van der Waals surface area contributed by atoms with Gasteiger partial charge in [-0.2, -0.15) is 0 Å². The first-order valence-electron chi connectivity index (χ1n) is 5.38. The van der Waals surface area contributed by atoms with E-state index in [1.54, 1.807) is 0 Å². The average Bonchev–Trinajstić information content (AvgIpc) is 2.50. The van der Waals surface area contributed by atoms with Crippen molar-refractivity contribution in [2.45, 2.75) is 44.6 Å². The Hall–Kier alpha value is -0.830. The number of hydrogen-bond donors (Lipinski definition) is 1. The lowest BCUT2D eigenvalue weighted by Crippen LogP contribution is -2.36. The fraction of sp³-hybridized carbons (Fsp3) is 0.727. The Labute approximate surface area is 85.3 Å². The summed E-state index contributed by atoms with van der Waals surface area (Å²) >= 11 is 0. The van der Waals surface area contributed by atoms with Gasteiger partial charge in [0.25, 0.3) is 0 Å². The van der Waals surface area contributed by atoms with Gasteiger partial charge in [-0.05, 0) is 26.7 Å². The number of nitrogens with zero attached hydrogens (tertiary/aromatic N) is 2. The van der Waals surface area contributed by atoms with E-state index < -0.39 is 0 Å². The highest BCUT2D eigenvalue weighted by Crippen LogP contribution is 2.37. The van der Waals surface area contributed by atoms with Crippen LogP contribution in [-0.4, -0.2) is 16.1 Å². The van der Waals surface area contributed by atoms with Crippen molar-refractivity contribution in [2.24, 2.45) is 5.73 Å². The number of nitrogens with two attached hydrogens (primary N) is 1. The van der Waals surface area contributed by atoms with Gasteiger partial charge in [0.05, 0.1) is 11.9 Å². The zero-order chi connectivity index (χ0) is 10.2. The first-order valence-corrected chi connectivity index (χ1v) is 5.38. The monoisotopic (exact) mass is 193 g/mol. The van der Waals surface area contributed by atoms with E-state index in [4.69, 9.17) is 5.73 Å². The first-order chi connectivity index (χ1) is 6.65. The molecule has 0 aliphatic heterocycles. The van der Waals surface area contributed by atoms with Crippen LogP contribution >= 0.6 is 0 Å². The molecule has 0 spiro atoms. The second kappa shape index (κ2) is 3.39. The molecule has 78 valence electrons. The minimum Gasteiger partial charge on any atom is -0.328 e. The molecule has 3 heteroatoms. The highest BCUT2D eigenvalue weighted by atomic mass is 15.1. The predicted molar refractivity (Wildman–Crippen MR) is 57.2 cm³/mol. The molecule has 0 amide bonds. The maximum Gasteiger partial charge on any atom is 0.0953 e. The summed E-state index contributed by atoms with van der Waals surface area (Å²) in [6.45, 7) is 4.98. The van der Waals surface area contributed by atoms with E-state index in [2.05, 4.69) is 23.4 Å². The molecule has 3 nitrogen and oxygen atoms in total. The Morgan fingerprint density at radius 2 is 2.29 bits per heavy atom. The van der Waals surface area contributed by atoms with Gasteiger partial charge in [0.15, 0.2) is 0 Å². The Bertz CT molecular complexity index is 310. The highest BCUT2D eigenvalue weighted by Gasteiger charge is 2.27. The van der Waals surface area contributed by atoms with Gasteiger partial charge in [0.2, 0.25) is 0 Å². The Morgan fingerprint density at radius 1 is 1.57 bits per heavy atom. The molecule has 1 fully saturated rings. The molecular formula is C11H19N3. The van der Waals surface area contributed by atoms with Crippen molar-refractivity contribution < 1.29 is 0 Å². The lowest BCUT2D eigenvalue weighted by Gasteiger charge is -2.33. The fourth-order valence-electron chi connectivity index (χ4n) is 1.92. The summed E-state index contributed by atoms with van der Waals surface area (Å²) in [6.07, 6.45) is 7.90. The van der Waals surface area contributed by atoms with Gasteiger partial charge in [0.1, 0.15) is 0 Å². The van der Waals surface area contributed by atoms with Crippen molar-refractivity contribution in [3.8, 4) is 0 Å². The van der Waals surface area contributed by atoms with E-state index in [0.717, 1.165) is 5.92 Å². The number of hydrogen-bond acceptors (Lipinski definition) is 2. The van der Waals surface area contributed by atoms with E-state index in [1.165, 1.54) is 25.0 Å². The smallest absolute Gasteiger partial charge is 0.0953 e. The van der Waals surface area contributed by atoms with E-state index in [9.17, 15) is 0 Å². The van der Waals surface area contributed by atoms with Crippen molar-refractivity contribution in [1.82, 2.24) is 9.55 Å². The molecule has 0 radical (unpaired) electrons. The number of rotatable bonds is 3. The Kier molecular flexibility index (Phi) is 2.35.